The number of alkyl halides is 3. The summed E-state index contributed by atoms with van der Waals surface area (Å²) in [5, 5.41) is 3.01. The van der Waals surface area contributed by atoms with Crippen molar-refractivity contribution < 1.29 is 27.4 Å². The molecule has 0 spiro atoms. The predicted molar refractivity (Wildman–Crippen MR) is 104 cm³/mol. The third-order valence-corrected chi connectivity index (χ3v) is 4.11. The molecule has 1 unspecified atom stereocenters. The minimum Gasteiger partial charge on any atom is -0.491 e. The molecule has 1 aromatic heterocycles. The third kappa shape index (κ3) is 6.23. The van der Waals surface area contributed by atoms with Gasteiger partial charge in [0.1, 0.15) is 17.2 Å². The topological polar surface area (TPSA) is 60.5 Å². The zero-order valence-corrected chi connectivity index (χ0v) is 15.8. The first-order chi connectivity index (χ1) is 14.4. The van der Waals surface area contributed by atoms with E-state index >= 15 is 0 Å². The van der Waals surface area contributed by atoms with E-state index < -0.39 is 6.36 Å². The molecular formula is C22H19F3N2O3. The van der Waals surface area contributed by atoms with Crippen molar-refractivity contribution in [3.63, 3.8) is 0 Å². The van der Waals surface area contributed by atoms with Crippen LogP contribution in [0.5, 0.6) is 11.5 Å². The van der Waals surface area contributed by atoms with Crippen LogP contribution in [-0.4, -0.2) is 23.9 Å². The number of hydrogen-bond donors (Lipinski definition) is 1. The molecule has 2 heterocycles. The molecule has 3 aromatic rings. The van der Waals surface area contributed by atoms with Crippen molar-refractivity contribution in [1.82, 2.24) is 10.3 Å². The highest BCUT2D eigenvalue weighted by atomic mass is 19.4. The quantitative estimate of drug-likeness (QED) is 0.658. The van der Waals surface area contributed by atoms with Gasteiger partial charge in [-0.2, -0.15) is 0 Å². The number of carbonyl (C=O) groups excluding carboxylic acids is 1. The van der Waals surface area contributed by atoms with Gasteiger partial charge in [0, 0.05) is 18.2 Å². The second kappa shape index (κ2) is 9.78. The summed E-state index contributed by atoms with van der Waals surface area (Å²) in [7, 11) is 0. The van der Waals surface area contributed by atoms with Crippen molar-refractivity contribution in [2.75, 3.05) is 6.61 Å². The van der Waals surface area contributed by atoms with Gasteiger partial charge in [0.05, 0.1) is 12.6 Å². The highest BCUT2D eigenvalue weighted by Crippen LogP contribution is 2.29. The standard InChI is InChI=1S/C15H14N2O2.C7H5F3O/c18-15(11-5-2-1-3-6-11)17-12-8-10-19-13-7-4-9-16-14(12)13;8-7(9,10)11-6-4-2-1-3-5-6/h1-7,9,12H,8,10H2,(H,17,18);1-5H. The molecule has 0 fully saturated rings. The molecule has 0 bridgehead atoms. The molecule has 4 rings (SSSR count). The van der Waals surface area contributed by atoms with Crippen LogP contribution in [0.1, 0.15) is 28.5 Å². The zero-order valence-electron chi connectivity index (χ0n) is 15.8. The van der Waals surface area contributed by atoms with E-state index in [0.29, 0.717) is 12.2 Å². The Morgan fingerprint density at radius 1 is 1.00 bits per heavy atom. The molecule has 8 heteroatoms. The lowest BCUT2D eigenvalue weighted by atomic mass is 10.1. The van der Waals surface area contributed by atoms with Gasteiger partial charge in [-0.1, -0.05) is 36.4 Å². The summed E-state index contributed by atoms with van der Waals surface area (Å²) in [6.07, 6.45) is -2.14. The molecule has 1 aliphatic heterocycles. The molecule has 156 valence electrons. The zero-order chi connectivity index (χ0) is 21.4. The Balaban J connectivity index is 0.000000199. The highest BCUT2D eigenvalue weighted by molar-refractivity contribution is 5.94. The maximum absolute atomic E-state index is 12.1. The Kier molecular flexibility index (Phi) is 6.90. The maximum Gasteiger partial charge on any atom is 0.573 e. The fourth-order valence-corrected chi connectivity index (χ4v) is 2.80. The number of para-hydroxylation sites is 1. The number of halogens is 3. The Bertz CT molecular complexity index is 951. The SMILES string of the molecule is FC(F)(F)Oc1ccccc1.O=C(NC1CCOc2cccnc21)c1ccccc1. The largest absolute Gasteiger partial charge is 0.573 e. The molecular weight excluding hydrogens is 397 g/mol. The van der Waals surface area contributed by atoms with Gasteiger partial charge < -0.3 is 14.8 Å². The molecule has 1 atom stereocenters. The van der Waals surface area contributed by atoms with Crippen LogP contribution in [0.4, 0.5) is 13.2 Å². The summed E-state index contributed by atoms with van der Waals surface area (Å²) in [6, 6.07) is 19.9. The number of amides is 1. The number of benzene rings is 2. The minimum absolute atomic E-state index is 0.0795. The van der Waals surface area contributed by atoms with Crippen LogP contribution in [-0.2, 0) is 0 Å². The van der Waals surface area contributed by atoms with Crippen LogP contribution in [0.2, 0.25) is 0 Å². The molecule has 1 amide bonds. The van der Waals surface area contributed by atoms with E-state index in [1.807, 2.05) is 30.3 Å². The lowest BCUT2D eigenvalue weighted by Crippen LogP contribution is -2.32. The van der Waals surface area contributed by atoms with Crippen LogP contribution in [0.15, 0.2) is 79.0 Å². The number of nitrogens with one attached hydrogen (secondary N) is 1. The van der Waals surface area contributed by atoms with E-state index in [0.717, 1.165) is 17.9 Å². The van der Waals surface area contributed by atoms with E-state index in [9.17, 15) is 18.0 Å². The Labute approximate surface area is 171 Å². The Morgan fingerprint density at radius 3 is 2.33 bits per heavy atom. The normalized spacial score (nSPS) is 15.0. The van der Waals surface area contributed by atoms with Crippen molar-refractivity contribution in [1.29, 1.82) is 0 Å². The average Bonchev–Trinajstić information content (AvgIpc) is 2.75. The van der Waals surface area contributed by atoms with Crippen LogP contribution in [0.25, 0.3) is 0 Å². The lowest BCUT2D eigenvalue weighted by Gasteiger charge is -2.25. The summed E-state index contributed by atoms with van der Waals surface area (Å²) >= 11 is 0. The second-order valence-electron chi connectivity index (χ2n) is 6.28. The lowest BCUT2D eigenvalue weighted by molar-refractivity contribution is -0.274. The third-order valence-electron chi connectivity index (χ3n) is 4.11. The van der Waals surface area contributed by atoms with E-state index in [1.165, 1.54) is 24.3 Å². The molecule has 0 saturated heterocycles. The van der Waals surface area contributed by atoms with Gasteiger partial charge in [-0.25, -0.2) is 0 Å². The number of rotatable bonds is 3. The predicted octanol–water partition coefficient (Wildman–Crippen LogP) is 4.92. The van der Waals surface area contributed by atoms with Gasteiger partial charge in [-0.05, 0) is 36.4 Å². The van der Waals surface area contributed by atoms with E-state index in [1.54, 1.807) is 24.4 Å². The average molecular weight is 416 g/mol. The number of nitrogens with zero attached hydrogens (tertiary/aromatic N) is 1. The number of pyridine rings is 1. The van der Waals surface area contributed by atoms with Gasteiger partial charge >= 0.3 is 6.36 Å². The summed E-state index contributed by atoms with van der Waals surface area (Å²) in [5.41, 5.74) is 1.46. The smallest absolute Gasteiger partial charge is 0.491 e. The van der Waals surface area contributed by atoms with Crippen LogP contribution in [0, 0.1) is 0 Å². The Morgan fingerprint density at radius 2 is 1.67 bits per heavy atom. The molecule has 5 nitrogen and oxygen atoms in total. The van der Waals surface area contributed by atoms with Crippen molar-refractivity contribution >= 4 is 5.91 Å². The van der Waals surface area contributed by atoms with Gasteiger partial charge in [0.25, 0.3) is 5.91 Å². The van der Waals surface area contributed by atoms with Gasteiger partial charge in [-0.3, -0.25) is 9.78 Å². The van der Waals surface area contributed by atoms with Crippen molar-refractivity contribution in [2.24, 2.45) is 0 Å². The van der Waals surface area contributed by atoms with Gasteiger partial charge in [0.15, 0.2) is 0 Å². The number of hydrogen-bond acceptors (Lipinski definition) is 4. The van der Waals surface area contributed by atoms with Gasteiger partial charge in [-0.15, -0.1) is 13.2 Å². The molecule has 1 N–H and O–H groups in total. The minimum atomic E-state index is -4.60. The number of aromatic nitrogens is 1. The summed E-state index contributed by atoms with van der Waals surface area (Å²) in [6.45, 7) is 0.596. The second-order valence-corrected chi connectivity index (χ2v) is 6.28. The summed E-state index contributed by atoms with van der Waals surface area (Å²) < 4.78 is 43.7. The molecule has 0 radical (unpaired) electrons. The molecule has 1 aliphatic rings. The maximum atomic E-state index is 12.1. The van der Waals surface area contributed by atoms with Crippen molar-refractivity contribution in [3.05, 3.63) is 90.3 Å². The Hall–Kier alpha value is -3.55. The molecule has 0 saturated carbocycles. The molecule has 2 aromatic carbocycles. The monoisotopic (exact) mass is 416 g/mol. The van der Waals surface area contributed by atoms with E-state index in [-0.39, 0.29) is 17.7 Å². The molecule has 0 aliphatic carbocycles. The van der Waals surface area contributed by atoms with Crippen molar-refractivity contribution in [3.8, 4) is 11.5 Å². The highest BCUT2D eigenvalue weighted by Gasteiger charge is 2.30. The van der Waals surface area contributed by atoms with Crippen LogP contribution < -0.4 is 14.8 Å². The van der Waals surface area contributed by atoms with Crippen LogP contribution in [0.3, 0.4) is 0 Å². The number of ether oxygens (including phenoxy) is 2. The van der Waals surface area contributed by atoms with E-state index in [2.05, 4.69) is 15.0 Å². The van der Waals surface area contributed by atoms with Crippen LogP contribution >= 0.6 is 0 Å². The summed E-state index contributed by atoms with van der Waals surface area (Å²) in [4.78, 5) is 16.5. The first-order valence-corrected chi connectivity index (χ1v) is 9.17. The van der Waals surface area contributed by atoms with Gasteiger partial charge in [0.2, 0.25) is 0 Å². The fourth-order valence-electron chi connectivity index (χ4n) is 2.80. The number of carbonyl (C=O) groups is 1. The summed E-state index contributed by atoms with van der Waals surface area (Å²) in [5.74, 6) is 0.483. The number of fused-ring (bicyclic) bond motifs is 1. The molecule has 30 heavy (non-hydrogen) atoms. The fraction of sp³-hybridized carbons (Fsp3) is 0.182. The van der Waals surface area contributed by atoms with E-state index in [4.69, 9.17) is 4.74 Å². The first-order valence-electron chi connectivity index (χ1n) is 9.17. The first kappa shape index (κ1) is 21.2. The van der Waals surface area contributed by atoms with Crippen molar-refractivity contribution in [2.45, 2.75) is 18.8 Å².